The molecule has 2 rings (SSSR count). The van der Waals surface area contributed by atoms with Crippen molar-refractivity contribution >= 4 is 0 Å². The highest BCUT2D eigenvalue weighted by molar-refractivity contribution is 5.31. The van der Waals surface area contributed by atoms with Crippen molar-refractivity contribution in [3.63, 3.8) is 0 Å². The molecule has 1 aromatic carbocycles. The summed E-state index contributed by atoms with van der Waals surface area (Å²) in [6.07, 6.45) is 2.32. The summed E-state index contributed by atoms with van der Waals surface area (Å²) >= 11 is 0. The Labute approximate surface area is 125 Å². The first-order chi connectivity index (χ1) is 10.3. The Kier molecular flexibility index (Phi) is 5.87. The van der Waals surface area contributed by atoms with Crippen molar-refractivity contribution in [1.29, 1.82) is 0 Å². The maximum absolute atomic E-state index is 10.3. The molecule has 0 fully saturated rings. The number of pyridine rings is 1. The highest BCUT2D eigenvalue weighted by Crippen LogP contribution is 2.24. The van der Waals surface area contributed by atoms with E-state index in [9.17, 15) is 5.11 Å². The van der Waals surface area contributed by atoms with Crippen molar-refractivity contribution < 1.29 is 14.6 Å². The van der Waals surface area contributed by atoms with Crippen molar-refractivity contribution in [2.24, 2.45) is 0 Å². The summed E-state index contributed by atoms with van der Waals surface area (Å²) in [5.41, 5.74) is 2.54. The minimum atomic E-state index is -0.676. The molecular weight excluding hydrogens is 266 g/mol. The van der Waals surface area contributed by atoms with Gasteiger partial charge in [-0.2, -0.15) is 0 Å². The number of rotatable bonds is 7. The van der Waals surface area contributed by atoms with E-state index >= 15 is 0 Å². The Morgan fingerprint density at radius 2 is 1.57 bits per heavy atom. The van der Waals surface area contributed by atoms with Gasteiger partial charge in [0.05, 0.1) is 0 Å². The SMILES string of the molecule is CCOC(OCC)c1ccc([C@@H](O)c2cccnc2)cc1. The third kappa shape index (κ3) is 4.11. The fraction of sp³-hybridized carbons (Fsp3) is 0.353. The number of benzene rings is 1. The zero-order valence-corrected chi connectivity index (χ0v) is 12.4. The predicted molar refractivity (Wildman–Crippen MR) is 80.7 cm³/mol. The molecule has 1 N–H and O–H groups in total. The van der Waals surface area contributed by atoms with Gasteiger partial charge in [0.2, 0.25) is 0 Å². The van der Waals surface area contributed by atoms with Gasteiger partial charge >= 0.3 is 0 Å². The van der Waals surface area contributed by atoms with E-state index in [1.54, 1.807) is 12.4 Å². The number of nitrogens with zero attached hydrogens (tertiary/aromatic N) is 1. The summed E-state index contributed by atoms with van der Waals surface area (Å²) in [6.45, 7) is 5.05. The molecule has 2 aromatic rings. The van der Waals surface area contributed by atoms with Gasteiger partial charge in [-0.25, -0.2) is 0 Å². The van der Waals surface area contributed by atoms with Gasteiger partial charge in [-0.15, -0.1) is 0 Å². The maximum atomic E-state index is 10.3. The van der Waals surface area contributed by atoms with Gasteiger partial charge in [-0.05, 0) is 25.5 Å². The molecule has 0 bridgehead atoms. The van der Waals surface area contributed by atoms with Crippen LogP contribution in [0.1, 0.15) is 42.9 Å². The number of ether oxygens (including phenoxy) is 2. The van der Waals surface area contributed by atoms with E-state index < -0.39 is 6.10 Å². The smallest absolute Gasteiger partial charge is 0.183 e. The van der Waals surface area contributed by atoms with Crippen LogP contribution in [0.3, 0.4) is 0 Å². The second kappa shape index (κ2) is 7.88. The molecule has 21 heavy (non-hydrogen) atoms. The Morgan fingerprint density at radius 3 is 2.10 bits per heavy atom. The van der Waals surface area contributed by atoms with Crippen LogP contribution in [-0.4, -0.2) is 23.3 Å². The van der Waals surface area contributed by atoms with Gasteiger partial charge < -0.3 is 14.6 Å². The van der Waals surface area contributed by atoms with Crippen LogP contribution >= 0.6 is 0 Å². The van der Waals surface area contributed by atoms with Crippen molar-refractivity contribution in [2.75, 3.05) is 13.2 Å². The largest absolute Gasteiger partial charge is 0.384 e. The standard InChI is InChI=1S/C17H21NO3/c1-3-20-17(21-4-2)14-9-7-13(8-10-14)16(19)15-6-5-11-18-12-15/h5-12,16-17,19H,3-4H2,1-2H3/t16-/m1/s1. The second-order valence-electron chi connectivity index (χ2n) is 4.60. The highest BCUT2D eigenvalue weighted by Gasteiger charge is 2.14. The zero-order valence-electron chi connectivity index (χ0n) is 12.4. The molecular formula is C17H21NO3. The highest BCUT2D eigenvalue weighted by atomic mass is 16.7. The summed E-state index contributed by atoms with van der Waals surface area (Å²) in [5, 5.41) is 10.3. The number of aromatic nitrogens is 1. The topological polar surface area (TPSA) is 51.6 Å². The lowest BCUT2D eigenvalue weighted by Crippen LogP contribution is -2.09. The van der Waals surface area contributed by atoms with Gasteiger partial charge in [-0.1, -0.05) is 30.3 Å². The quantitative estimate of drug-likeness (QED) is 0.794. The molecule has 0 aliphatic carbocycles. The Bertz CT molecular complexity index is 521. The molecule has 0 aliphatic heterocycles. The molecule has 4 nitrogen and oxygen atoms in total. The zero-order chi connectivity index (χ0) is 15.1. The molecule has 1 atom stereocenters. The third-order valence-corrected chi connectivity index (χ3v) is 3.16. The summed E-state index contributed by atoms with van der Waals surface area (Å²) in [4.78, 5) is 4.03. The molecule has 0 saturated heterocycles. The van der Waals surface area contributed by atoms with Gasteiger partial charge in [0, 0.05) is 36.7 Å². The first-order valence-electron chi connectivity index (χ1n) is 7.17. The second-order valence-corrected chi connectivity index (χ2v) is 4.60. The van der Waals surface area contributed by atoms with Crippen molar-refractivity contribution in [1.82, 2.24) is 4.98 Å². The summed E-state index contributed by atoms with van der Waals surface area (Å²) in [7, 11) is 0. The molecule has 0 amide bonds. The van der Waals surface area contributed by atoms with Gasteiger partial charge in [0.15, 0.2) is 6.29 Å². The van der Waals surface area contributed by atoms with E-state index in [0.717, 1.165) is 16.7 Å². The molecule has 0 aliphatic rings. The summed E-state index contributed by atoms with van der Waals surface area (Å²) in [5.74, 6) is 0. The van der Waals surface area contributed by atoms with E-state index in [1.165, 1.54) is 0 Å². The minimum absolute atomic E-state index is 0.357. The van der Waals surface area contributed by atoms with Crippen LogP contribution in [0.25, 0.3) is 0 Å². The van der Waals surface area contributed by atoms with Gasteiger partial charge in [0.1, 0.15) is 6.10 Å². The van der Waals surface area contributed by atoms with Crippen molar-refractivity contribution in [3.05, 3.63) is 65.5 Å². The predicted octanol–water partition coefficient (Wildman–Crippen LogP) is 3.23. The number of hydrogen-bond donors (Lipinski definition) is 1. The van der Waals surface area contributed by atoms with Crippen LogP contribution in [0.5, 0.6) is 0 Å². The number of aliphatic hydroxyl groups excluding tert-OH is 1. The molecule has 112 valence electrons. The minimum Gasteiger partial charge on any atom is -0.384 e. The molecule has 0 saturated carbocycles. The van der Waals surface area contributed by atoms with Crippen LogP contribution in [0.15, 0.2) is 48.8 Å². The monoisotopic (exact) mass is 287 g/mol. The van der Waals surface area contributed by atoms with E-state index in [4.69, 9.17) is 9.47 Å². The molecule has 1 heterocycles. The molecule has 1 aromatic heterocycles. The maximum Gasteiger partial charge on any atom is 0.183 e. The van der Waals surface area contributed by atoms with Crippen LogP contribution in [0.2, 0.25) is 0 Å². The Balaban J connectivity index is 2.14. The first-order valence-corrected chi connectivity index (χ1v) is 7.17. The fourth-order valence-electron chi connectivity index (χ4n) is 2.11. The van der Waals surface area contributed by atoms with E-state index in [1.807, 2.05) is 50.2 Å². The van der Waals surface area contributed by atoms with Crippen LogP contribution in [-0.2, 0) is 9.47 Å². The van der Waals surface area contributed by atoms with Crippen molar-refractivity contribution in [2.45, 2.75) is 26.2 Å². The Morgan fingerprint density at radius 1 is 0.952 bits per heavy atom. The third-order valence-electron chi connectivity index (χ3n) is 3.16. The van der Waals surface area contributed by atoms with Crippen LogP contribution in [0.4, 0.5) is 0 Å². The number of aliphatic hydroxyl groups is 1. The van der Waals surface area contributed by atoms with Gasteiger partial charge in [0.25, 0.3) is 0 Å². The normalized spacial score (nSPS) is 12.6. The summed E-state index contributed by atoms with van der Waals surface area (Å²) < 4.78 is 11.1. The lowest BCUT2D eigenvalue weighted by Gasteiger charge is -2.18. The lowest BCUT2D eigenvalue weighted by molar-refractivity contribution is -0.140. The van der Waals surface area contributed by atoms with Crippen LogP contribution in [0, 0.1) is 0 Å². The number of hydrogen-bond acceptors (Lipinski definition) is 4. The van der Waals surface area contributed by atoms with E-state index in [0.29, 0.717) is 13.2 Å². The molecule has 0 spiro atoms. The van der Waals surface area contributed by atoms with Gasteiger partial charge in [-0.3, -0.25) is 4.98 Å². The molecule has 0 unspecified atom stereocenters. The first kappa shape index (κ1) is 15.6. The van der Waals surface area contributed by atoms with Crippen molar-refractivity contribution in [3.8, 4) is 0 Å². The lowest BCUT2D eigenvalue weighted by atomic mass is 10.0. The van der Waals surface area contributed by atoms with E-state index in [-0.39, 0.29) is 6.29 Å². The average molecular weight is 287 g/mol. The van der Waals surface area contributed by atoms with Crippen LogP contribution < -0.4 is 0 Å². The fourth-order valence-corrected chi connectivity index (χ4v) is 2.11. The van der Waals surface area contributed by atoms with E-state index in [2.05, 4.69) is 4.98 Å². The Hall–Kier alpha value is -1.75. The average Bonchev–Trinajstić information content (AvgIpc) is 2.55. The molecule has 4 heteroatoms. The summed E-state index contributed by atoms with van der Waals surface area (Å²) in [6, 6.07) is 11.3. The molecule has 0 radical (unpaired) electrons.